The van der Waals surface area contributed by atoms with E-state index in [2.05, 4.69) is 17.0 Å². The molecule has 1 aromatic carbocycles. The molecule has 0 bridgehead atoms. The van der Waals surface area contributed by atoms with Crippen LogP contribution in [0, 0.1) is 0 Å². The van der Waals surface area contributed by atoms with Gasteiger partial charge in [-0.05, 0) is 31.4 Å². The Labute approximate surface area is 96.2 Å². The number of nitrogens with two attached hydrogens (primary N) is 1. The second-order valence-corrected chi connectivity index (χ2v) is 4.67. The highest BCUT2D eigenvalue weighted by Gasteiger charge is 2.22. The van der Waals surface area contributed by atoms with E-state index in [4.69, 9.17) is 10.5 Å². The smallest absolute Gasteiger partial charge is 0.146 e. The SMILES string of the molecule is Nc1cc2c(c(N3CCCCC3)c1)OCC2. The van der Waals surface area contributed by atoms with Crippen LogP contribution in [0.5, 0.6) is 5.75 Å². The average molecular weight is 218 g/mol. The van der Waals surface area contributed by atoms with Crippen LogP contribution in [0.2, 0.25) is 0 Å². The summed E-state index contributed by atoms with van der Waals surface area (Å²) >= 11 is 0. The number of hydrogen-bond acceptors (Lipinski definition) is 3. The molecule has 0 unspecified atom stereocenters. The molecule has 0 aliphatic carbocycles. The zero-order chi connectivity index (χ0) is 11.0. The molecule has 2 aliphatic heterocycles. The summed E-state index contributed by atoms with van der Waals surface area (Å²) in [6.07, 6.45) is 4.91. The first-order valence-electron chi connectivity index (χ1n) is 6.15. The number of ether oxygens (including phenoxy) is 1. The summed E-state index contributed by atoms with van der Waals surface area (Å²) in [7, 11) is 0. The fraction of sp³-hybridized carbons (Fsp3) is 0.538. The second kappa shape index (κ2) is 3.89. The van der Waals surface area contributed by atoms with Crippen LogP contribution in [0.4, 0.5) is 11.4 Å². The molecular weight excluding hydrogens is 200 g/mol. The largest absolute Gasteiger partial charge is 0.491 e. The van der Waals surface area contributed by atoms with E-state index in [1.54, 1.807) is 0 Å². The number of benzene rings is 1. The lowest BCUT2D eigenvalue weighted by molar-refractivity contribution is 0.356. The van der Waals surface area contributed by atoms with Crippen molar-refractivity contribution in [2.24, 2.45) is 0 Å². The number of nitrogen functional groups attached to an aromatic ring is 1. The molecule has 3 heteroatoms. The summed E-state index contributed by atoms with van der Waals surface area (Å²) in [5.41, 5.74) is 9.31. The van der Waals surface area contributed by atoms with E-state index >= 15 is 0 Å². The van der Waals surface area contributed by atoms with Gasteiger partial charge in [0.1, 0.15) is 5.75 Å². The molecule has 0 amide bonds. The Kier molecular flexibility index (Phi) is 2.39. The van der Waals surface area contributed by atoms with E-state index in [1.807, 2.05) is 0 Å². The molecule has 0 spiro atoms. The van der Waals surface area contributed by atoms with E-state index in [1.165, 1.54) is 30.5 Å². The van der Waals surface area contributed by atoms with Crippen LogP contribution in [0.15, 0.2) is 12.1 Å². The van der Waals surface area contributed by atoms with Gasteiger partial charge in [-0.1, -0.05) is 0 Å². The third kappa shape index (κ3) is 1.60. The maximum Gasteiger partial charge on any atom is 0.146 e. The number of piperidine rings is 1. The third-order valence-corrected chi connectivity index (χ3v) is 3.48. The van der Waals surface area contributed by atoms with Crippen LogP contribution in [-0.4, -0.2) is 19.7 Å². The Bertz CT molecular complexity index is 397. The van der Waals surface area contributed by atoms with Gasteiger partial charge in [0.2, 0.25) is 0 Å². The molecule has 1 saturated heterocycles. The number of anilines is 2. The molecule has 3 rings (SSSR count). The standard InChI is InChI=1S/C13H18N2O/c14-11-8-10-4-7-16-13(10)12(9-11)15-5-2-1-3-6-15/h8-9H,1-7,14H2. The summed E-state index contributed by atoms with van der Waals surface area (Å²) in [5.74, 6) is 1.08. The lowest BCUT2D eigenvalue weighted by Crippen LogP contribution is -2.29. The van der Waals surface area contributed by atoms with E-state index in [0.717, 1.165) is 37.6 Å². The van der Waals surface area contributed by atoms with Gasteiger partial charge in [-0.2, -0.15) is 0 Å². The van der Waals surface area contributed by atoms with Crippen molar-refractivity contribution in [2.45, 2.75) is 25.7 Å². The summed E-state index contributed by atoms with van der Waals surface area (Å²) < 4.78 is 5.74. The molecule has 0 atom stereocenters. The van der Waals surface area contributed by atoms with Crippen LogP contribution in [0.3, 0.4) is 0 Å². The predicted molar refractivity (Wildman–Crippen MR) is 66.1 cm³/mol. The highest BCUT2D eigenvalue weighted by Crippen LogP contribution is 2.39. The number of nitrogens with zero attached hydrogens (tertiary/aromatic N) is 1. The molecule has 86 valence electrons. The first-order chi connectivity index (χ1) is 7.84. The third-order valence-electron chi connectivity index (χ3n) is 3.48. The Balaban J connectivity index is 1.99. The first kappa shape index (κ1) is 9.82. The van der Waals surface area contributed by atoms with Crippen LogP contribution >= 0.6 is 0 Å². The van der Waals surface area contributed by atoms with Gasteiger partial charge in [-0.25, -0.2) is 0 Å². The van der Waals surface area contributed by atoms with Crippen LogP contribution < -0.4 is 15.4 Å². The van der Waals surface area contributed by atoms with Crippen molar-refractivity contribution in [3.05, 3.63) is 17.7 Å². The van der Waals surface area contributed by atoms with Crippen LogP contribution in [0.1, 0.15) is 24.8 Å². The number of rotatable bonds is 1. The van der Waals surface area contributed by atoms with Gasteiger partial charge >= 0.3 is 0 Å². The Hall–Kier alpha value is -1.38. The van der Waals surface area contributed by atoms with Crippen LogP contribution in [0.25, 0.3) is 0 Å². The van der Waals surface area contributed by atoms with Gasteiger partial charge in [0.15, 0.2) is 0 Å². The Morgan fingerprint density at radius 2 is 1.94 bits per heavy atom. The van der Waals surface area contributed by atoms with Gasteiger partial charge in [-0.15, -0.1) is 0 Å². The molecule has 1 fully saturated rings. The second-order valence-electron chi connectivity index (χ2n) is 4.67. The van der Waals surface area contributed by atoms with Crippen molar-refractivity contribution in [1.29, 1.82) is 0 Å². The highest BCUT2D eigenvalue weighted by atomic mass is 16.5. The van der Waals surface area contributed by atoms with E-state index in [9.17, 15) is 0 Å². The van der Waals surface area contributed by atoms with Gasteiger partial charge in [-0.3, -0.25) is 0 Å². The van der Waals surface area contributed by atoms with Crippen molar-refractivity contribution < 1.29 is 4.74 Å². The fourth-order valence-corrected chi connectivity index (χ4v) is 2.68. The van der Waals surface area contributed by atoms with Crippen molar-refractivity contribution in [1.82, 2.24) is 0 Å². The molecule has 0 saturated carbocycles. The molecule has 2 N–H and O–H groups in total. The van der Waals surface area contributed by atoms with Crippen molar-refractivity contribution in [3.63, 3.8) is 0 Å². The lowest BCUT2D eigenvalue weighted by Gasteiger charge is -2.30. The van der Waals surface area contributed by atoms with Gasteiger partial charge in [0, 0.05) is 30.8 Å². The van der Waals surface area contributed by atoms with E-state index in [0.29, 0.717) is 0 Å². The van der Waals surface area contributed by atoms with Gasteiger partial charge in [0.05, 0.1) is 12.3 Å². The lowest BCUT2D eigenvalue weighted by atomic mass is 10.1. The molecule has 1 aromatic rings. The number of hydrogen-bond donors (Lipinski definition) is 1. The quantitative estimate of drug-likeness (QED) is 0.734. The van der Waals surface area contributed by atoms with Crippen molar-refractivity contribution in [3.8, 4) is 5.75 Å². The maximum atomic E-state index is 5.96. The van der Waals surface area contributed by atoms with E-state index < -0.39 is 0 Å². The minimum absolute atomic E-state index is 0.805. The topological polar surface area (TPSA) is 38.5 Å². The van der Waals surface area contributed by atoms with Gasteiger partial charge in [0.25, 0.3) is 0 Å². The maximum absolute atomic E-state index is 5.96. The molecular formula is C13H18N2O. The molecule has 2 heterocycles. The minimum Gasteiger partial charge on any atom is -0.491 e. The summed E-state index contributed by atoms with van der Waals surface area (Å²) in [4.78, 5) is 2.42. The zero-order valence-electron chi connectivity index (χ0n) is 9.54. The van der Waals surface area contributed by atoms with Crippen LogP contribution in [-0.2, 0) is 6.42 Å². The average Bonchev–Trinajstić information content (AvgIpc) is 2.77. The van der Waals surface area contributed by atoms with Gasteiger partial charge < -0.3 is 15.4 Å². The highest BCUT2D eigenvalue weighted by molar-refractivity contribution is 5.69. The summed E-state index contributed by atoms with van der Waals surface area (Å²) in [5, 5.41) is 0. The normalized spacial score (nSPS) is 19.4. The monoisotopic (exact) mass is 218 g/mol. The fourth-order valence-electron chi connectivity index (χ4n) is 2.68. The molecule has 0 radical (unpaired) electrons. The molecule has 2 aliphatic rings. The Morgan fingerprint density at radius 1 is 1.12 bits per heavy atom. The molecule has 3 nitrogen and oxygen atoms in total. The predicted octanol–water partition coefficient (Wildman–Crippen LogP) is 2.19. The molecule has 16 heavy (non-hydrogen) atoms. The summed E-state index contributed by atoms with van der Waals surface area (Å²) in [6.45, 7) is 3.08. The first-order valence-corrected chi connectivity index (χ1v) is 6.15. The van der Waals surface area contributed by atoms with E-state index in [-0.39, 0.29) is 0 Å². The molecule has 0 aromatic heterocycles. The number of fused-ring (bicyclic) bond motifs is 1. The van der Waals surface area contributed by atoms with Crippen molar-refractivity contribution >= 4 is 11.4 Å². The minimum atomic E-state index is 0.805. The van der Waals surface area contributed by atoms with Crippen molar-refractivity contribution in [2.75, 3.05) is 30.3 Å². The summed E-state index contributed by atoms with van der Waals surface area (Å²) in [6, 6.07) is 4.12. The zero-order valence-corrected chi connectivity index (χ0v) is 9.54. The Morgan fingerprint density at radius 3 is 2.75 bits per heavy atom.